The van der Waals surface area contributed by atoms with E-state index in [0.717, 1.165) is 0 Å². The summed E-state index contributed by atoms with van der Waals surface area (Å²) in [5.74, 6) is 0. The van der Waals surface area contributed by atoms with E-state index in [0.29, 0.717) is 5.69 Å². The number of hydrogen-bond acceptors (Lipinski definition) is 7. The number of aliphatic hydroxyl groups is 5. The van der Waals surface area contributed by atoms with Gasteiger partial charge in [-0.3, -0.25) is 4.98 Å². The van der Waals surface area contributed by atoms with Crippen LogP contribution in [0.3, 0.4) is 0 Å². The summed E-state index contributed by atoms with van der Waals surface area (Å²) in [6.45, 7) is -0.588. The number of nitrogens with zero attached hydrogens (tertiary/aromatic N) is 1. The van der Waals surface area contributed by atoms with Gasteiger partial charge in [-0.05, 0) is 12.1 Å². The van der Waals surface area contributed by atoms with Crippen molar-refractivity contribution in [2.45, 2.75) is 36.6 Å². The van der Waals surface area contributed by atoms with Gasteiger partial charge in [0.25, 0.3) is 0 Å². The fourth-order valence-electron chi connectivity index (χ4n) is 2.22. The molecule has 0 radical (unpaired) electrons. The summed E-state index contributed by atoms with van der Waals surface area (Å²) in [7, 11) is 0. The molecular weight excluding hydrogens is 254 g/mol. The van der Waals surface area contributed by atoms with Crippen molar-refractivity contribution in [2.75, 3.05) is 6.61 Å². The topological polar surface area (TPSA) is 123 Å². The molecule has 106 valence electrons. The zero-order chi connectivity index (χ0) is 14.0. The number of aliphatic hydroxyl groups excluding tert-OH is 4. The van der Waals surface area contributed by atoms with Crippen LogP contribution in [-0.4, -0.2) is 67.3 Å². The third-order valence-electron chi connectivity index (χ3n) is 3.33. The molecule has 2 heterocycles. The van der Waals surface area contributed by atoms with Gasteiger partial charge in [-0.15, -0.1) is 0 Å². The highest BCUT2D eigenvalue weighted by Crippen LogP contribution is 2.31. The summed E-state index contributed by atoms with van der Waals surface area (Å²) in [5, 5.41) is 48.9. The Morgan fingerprint density at radius 1 is 1.21 bits per heavy atom. The van der Waals surface area contributed by atoms with E-state index in [4.69, 9.17) is 9.84 Å². The van der Waals surface area contributed by atoms with Crippen molar-refractivity contribution in [1.29, 1.82) is 0 Å². The lowest BCUT2D eigenvalue weighted by Gasteiger charge is -2.46. The maximum atomic E-state index is 10.4. The molecule has 7 nitrogen and oxygen atoms in total. The van der Waals surface area contributed by atoms with Gasteiger partial charge < -0.3 is 30.3 Å². The van der Waals surface area contributed by atoms with Gasteiger partial charge in [0.2, 0.25) is 0 Å². The zero-order valence-corrected chi connectivity index (χ0v) is 10.1. The molecule has 5 atom stereocenters. The lowest BCUT2D eigenvalue weighted by molar-refractivity contribution is -0.321. The molecule has 1 aromatic rings. The maximum absolute atomic E-state index is 10.4. The van der Waals surface area contributed by atoms with E-state index >= 15 is 0 Å². The highest BCUT2D eigenvalue weighted by Gasteiger charge is 2.54. The number of hydrogen-bond donors (Lipinski definition) is 5. The predicted molar refractivity (Wildman–Crippen MR) is 62.9 cm³/mol. The van der Waals surface area contributed by atoms with Gasteiger partial charge in [-0.1, -0.05) is 6.07 Å². The van der Waals surface area contributed by atoms with Gasteiger partial charge in [-0.2, -0.15) is 0 Å². The molecule has 1 aliphatic rings. The van der Waals surface area contributed by atoms with Crippen LogP contribution in [0, 0.1) is 0 Å². The summed E-state index contributed by atoms with van der Waals surface area (Å²) in [6.07, 6.45) is -4.77. The first-order valence-electron chi connectivity index (χ1n) is 5.92. The molecule has 0 bridgehead atoms. The first-order chi connectivity index (χ1) is 8.99. The standard InChI is InChI=1S/C12H17NO6/c14-6-8-9(15)12(18,10(16)11(17)19-8)5-7-3-1-2-4-13-7/h1-4,8-11,14-18H,5-6H2. The Bertz CT molecular complexity index is 416. The molecule has 1 saturated heterocycles. The molecule has 0 aliphatic carbocycles. The minimum Gasteiger partial charge on any atom is -0.394 e. The maximum Gasteiger partial charge on any atom is 0.184 e. The number of rotatable bonds is 3. The molecule has 0 saturated carbocycles. The predicted octanol–water partition coefficient (Wildman–Crippen LogP) is -2.21. The lowest BCUT2D eigenvalue weighted by Crippen LogP contribution is -2.68. The van der Waals surface area contributed by atoms with Crippen LogP contribution in [0.4, 0.5) is 0 Å². The Kier molecular flexibility index (Phi) is 4.14. The van der Waals surface area contributed by atoms with Crippen molar-refractivity contribution in [3.8, 4) is 0 Å². The summed E-state index contributed by atoms with van der Waals surface area (Å²) < 4.78 is 4.82. The van der Waals surface area contributed by atoms with E-state index in [-0.39, 0.29) is 6.42 Å². The van der Waals surface area contributed by atoms with Gasteiger partial charge in [0, 0.05) is 18.3 Å². The Balaban J connectivity index is 2.26. The van der Waals surface area contributed by atoms with Crippen LogP contribution in [0.2, 0.25) is 0 Å². The number of ether oxygens (including phenoxy) is 1. The van der Waals surface area contributed by atoms with E-state index in [9.17, 15) is 20.4 Å². The molecular formula is C12H17NO6. The summed E-state index contributed by atoms with van der Waals surface area (Å²) in [4.78, 5) is 4.00. The molecule has 0 spiro atoms. The van der Waals surface area contributed by atoms with Crippen LogP contribution in [0.5, 0.6) is 0 Å². The van der Waals surface area contributed by atoms with Crippen LogP contribution in [0.25, 0.3) is 0 Å². The first-order valence-corrected chi connectivity index (χ1v) is 5.92. The molecule has 19 heavy (non-hydrogen) atoms. The minimum absolute atomic E-state index is 0.174. The summed E-state index contributed by atoms with van der Waals surface area (Å²) >= 11 is 0. The van der Waals surface area contributed by atoms with E-state index in [1.807, 2.05) is 0 Å². The Morgan fingerprint density at radius 2 is 1.95 bits per heavy atom. The Hall–Kier alpha value is -1.09. The molecule has 0 aromatic carbocycles. The SMILES string of the molecule is OCC1OC(O)C(O)C(O)(Cc2ccccn2)C1O. The van der Waals surface area contributed by atoms with E-state index < -0.39 is 36.8 Å². The van der Waals surface area contributed by atoms with Gasteiger partial charge in [-0.25, -0.2) is 0 Å². The van der Waals surface area contributed by atoms with Crippen molar-refractivity contribution in [2.24, 2.45) is 0 Å². The van der Waals surface area contributed by atoms with Crippen LogP contribution in [0.1, 0.15) is 5.69 Å². The van der Waals surface area contributed by atoms with Crippen molar-refractivity contribution in [3.05, 3.63) is 30.1 Å². The van der Waals surface area contributed by atoms with Gasteiger partial charge in [0.05, 0.1) is 6.61 Å². The normalized spacial score (nSPS) is 39.2. The number of aromatic nitrogens is 1. The molecule has 1 fully saturated rings. The van der Waals surface area contributed by atoms with E-state index in [2.05, 4.69) is 4.98 Å². The van der Waals surface area contributed by atoms with Crippen LogP contribution < -0.4 is 0 Å². The largest absolute Gasteiger partial charge is 0.394 e. The monoisotopic (exact) mass is 271 g/mol. The molecule has 1 aromatic heterocycles. The average Bonchev–Trinajstić information content (AvgIpc) is 2.42. The van der Waals surface area contributed by atoms with Gasteiger partial charge in [0.15, 0.2) is 6.29 Å². The molecule has 5 unspecified atom stereocenters. The fraction of sp³-hybridized carbons (Fsp3) is 0.583. The molecule has 2 rings (SSSR count). The fourth-order valence-corrected chi connectivity index (χ4v) is 2.22. The third kappa shape index (κ3) is 2.62. The second kappa shape index (κ2) is 5.49. The first kappa shape index (κ1) is 14.3. The third-order valence-corrected chi connectivity index (χ3v) is 3.33. The molecule has 1 aliphatic heterocycles. The number of pyridine rings is 1. The quantitative estimate of drug-likeness (QED) is 0.422. The highest BCUT2D eigenvalue weighted by atomic mass is 16.6. The minimum atomic E-state index is -2.04. The van der Waals surface area contributed by atoms with Crippen molar-refractivity contribution in [3.63, 3.8) is 0 Å². The molecule has 5 N–H and O–H groups in total. The van der Waals surface area contributed by atoms with E-state index in [1.54, 1.807) is 18.2 Å². The Labute approximate surface area is 109 Å². The van der Waals surface area contributed by atoms with Crippen molar-refractivity contribution < 1.29 is 30.3 Å². The van der Waals surface area contributed by atoms with Crippen molar-refractivity contribution in [1.82, 2.24) is 4.98 Å². The average molecular weight is 271 g/mol. The zero-order valence-electron chi connectivity index (χ0n) is 10.1. The Morgan fingerprint density at radius 3 is 2.53 bits per heavy atom. The second-order valence-electron chi connectivity index (χ2n) is 4.63. The molecule has 0 amide bonds. The second-order valence-corrected chi connectivity index (χ2v) is 4.63. The van der Waals surface area contributed by atoms with Crippen LogP contribution >= 0.6 is 0 Å². The van der Waals surface area contributed by atoms with Gasteiger partial charge >= 0.3 is 0 Å². The van der Waals surface area contributed by atoms with Crippen LogP contribution in [-0.2, 0) is 11.2 Å². The smallest absolute Gasteiger partial charge is 0.184 e. The summed E-state index contributed by atoms with van der Waals surface area (Å²) in [5.41, 5.74) is -1.60. The van der Waals surface area contributed by atoms with E-state index in [1.165, 1.54) is 6.20 Å². The van der Waals surface area contributed by atoms with Crippen molar-refractivity contribution >= 4 is 0 Å². The lowest BCUT2D eigenvalue weighted by atomic mass is 9.80. The van der Waals surface area contributed by atoms with Crippen LogP contribution in [0.15, 0.2) is 24.4 Å². The summed E-state index contributed by atoms with van der Waals surface area (Å²) in [6, 6.07) is 5.01. The molecule has 7 heteroatoms. The van der Waals surface area contributed by atoms with Gasteiger partial charge in [0.1, 0.15) is 23.9 Å². The highest BCUT2D eigenvalue weighted by molar-refractivity contribution is 5.12.